The van der Waals surface area contributed by atoms with Crippen LogP contribution in [0.25, 0.3) is 0 Å². The van der Waals surface area contributed by atoms with E-state index in [0.717, 1.165) is 0 Å². The Balaban J connectivity index is 3.33. The highest BCUT2D eigenvalue weighted by atomic mass is 79.9. The van der Waals surface area contributed by atoms with Gasteiger partial charge >= 0.3 is 0 Å². The molecule has 1 rings (SSSR count). The minimum absolute atomic E-state index is 0.0326. The average molecular weight is 271 g/mol. The van der Waals surface area contributed by atoms with Crippen molar-refractivity contribution in [2.45, 2.75) is 4.90 Å². The maximum atomic E-state index is 10.8. The number of nitrogen functional groups attached to an aromatic ring is 1. The van der Waals surface area contributed by atoms with Gasteiger partial charge in [0.05, 0.1) is 4.90 Å². The standard InChI is InChI=1S/C6H5BrClNO2S/c7-5-3-4(12(8,10)11)1-2-6(5)9/h1-3H,9H2. The Labute approximate surface area is 83.1 Å². The van der Waals surface area contributed by atoms with Gasteiger partial charge in [0.15, 0.2) is 0 Å². The highest BCUT2D eigenvalue weighted by Gasteiger charge is 2.10. The smallest absolute Gasteiger partial charge is 0.261 e. The third kappa shape index (κ3) is 2.12. The van der Waals surface area contributed by atoms with Crippen molar-refractivity contribution in [2.75, 3.05) is 5.73 Å². The normalized spacial score (nSPS) is 11.5. The summed E-state index contributed by atoms with van der Waals surface area (Å²) in [5.74, 6) is 0. The molecule has 6 heteroatoms. The molecule has 0 bridgehead atoms. The fourth-order valence-electron chi connectivity index (χ4n) is 0.660. The quantitative estimate of drug-likeness (QED) is 0.627. The molecule has 0 aliphatic heterocycles. The van der Waals surface area contributed by atoms with E-state index in [0.29, 0.717) is 10.2 Å². The average Bonchev–Trinajstić information content (AvgIpc) is 1.92. The molecule has 0 atom stereocenters. The molecule has 0 unspecified atom stereocenters. The molecule has 1 aromatic carbocycles. The van der Waals surface area contributed by atoms with Crippen molar-refractivity contribution in [3.63, 3.8) is 0 Å². The molecular weight excluding hydrogens is 265 g/mol. The Kier molecular flexibility index (Phi) is 2.65. The first-order valence-corrected chi connectivity index (χ1v) is 6.01. The van der Waals surface area contributed by atoms with Crippen LogP contribution in [0.15, 0.2) is 27.6 Å². The predicted octanol–water partition coefficient (Wildman–Crippen LogP) is 1.96. The minimum atomic E-state index is -3.66. The fourth-order valence-corrected chi connectivity index (χ4v) is 1.97. The van der Waals surface area contributed by atoms with Crippen LogP contribution in [0, 0.1) is 0 Å². The van der Waals surface area contributed by atoms with Crippen LogP contribution in [0.1, 0.15) is 0 Å². The third-order valence-corrected chi connectivity index (χ3v) is 3.29. The maximum absolute atomic E-state index is 10.8. The van der Waals surface area contributed by atoms with Crippen molar-refractivity contribution < 1.29 is 8.42 Å². The zero-order valence-electron chi connectivity index (χ0n) is 5.79. The molecule has 0 aromatic heterocycles. The molecule has 0 spiro atoms. The number of anilines is 1. The summed E-state index contributed by atoms with van der Waals surface area (Å²) in [4.78, 5) is 0.0326. The van der Waals surface area contributed by atoms with E-state index in [1.165, 1.54) is 18.2 Å². The molecule has 0 radical (unpaired) electrons. The number of hydrogen-bond acceptors (Lipinski definition) is 3. The minimum Gasteiger partial charge on any atom is -0.398 e. The van der Waals surface area contributed by atoms with Crippen LogP contribution in [0.2, 0.25) is 0 Å². The van der Waals surface area contributed by atoms with Crippen LogP contribution >= 0.6 is 26.6 Å². The van der Waals surface area contributed by atoms with Crippen LogP contribution in [-0.2, 0) is 9.05 Å². The lowest BCUT2D eigenvalue weighted by Gasteiger charge is -1.99. The molecule has 12 heavy (non-hydrogen) atoms. The molecule has 0 aliphatic carbocycles. The van der Waals surface area contributed by atoms with Gasteiger partial charge in [-0.05, 0) is 34.1 Å². The highest BCUT2D eigenvalue weighted by Crippen LogP contribution is 2.24. The first kappa shape index (κ1) is 9.83. The van der Waals surface area contributed by atoms with Gasteiger partial charge in [-0.25, -0.2) is 8.42 Å². The predicted molar refractivity (Wildman–Crippen MR) is 51.6 cm³/mol. The van der Waals surface area contributed by atoms with Crippen molar-refractivity contribution >= 4 is 41.4 Å². The van der Waals surface area contributed by atoms with E-state index in [9.17, 15) is 8.42 Å². The number of rotatable bonds is 1. The van der Waals surface area contributed by atoms with E-state index in [1.807, 2.05) is 0 Å². The summed E-state index contributed by atoms with van der Waals surface area (Å²) in [5.41, 5.74) is 5.92. The van der Waals surface area contributed by atoms with E-state index in [-0.39, 0.29) is 4.90 Å². The number of hydrogen-bond donors (Lipinski definition) is 1. The lowest BCUT2D eigenvalue weighted by molar-refractivity contribution is 0.609. The van der Waals surface area contributed by atoms with Gasteiger partial charge in [0.25, 0.3) is 9.05 Å². The van der Waals surface area contributed by atoms with Gasteiger partial charge in [-0.15, -0.1) is 0 Å². The SMILES string of the molecule is Nc1ccc(S(=O)(=O)Cl)cc1Br. The van der Waals surface area contributed by atoms with Gasteiger partial charge in [0.2, 0.25) is 0 Å². The lowest BCUT2D eigenvalue weighted by atomic mass is 10.3. The number of nitrogens with two attached hydrogens (primary N) is 1. The summed E-state index contributed by atoms with van der Waals surface area (Å²) in [6, 6.07) is 4.18. The van der Waals surface area contributed by atoms with E-state index >= 15 is 0 Å². The first-order valence-electron chi connectivity index (χ1n) is 2.91. The molecule has 66 valence electrons. The molecular formula is C6H5BrClNO2S. The molecule has 1 aromatic rings. The Morgan fingerprint density at radius 2 is 2.00 bits per heavy atom. The second kappa shape index (κ2) is 3.24. The fraction of sp³-hybridized carbons (Fsp3) is 0. The summed E-state index contributed by atoms with van der Waals surface area (Å²) < 4.78 is 22.1. The van der Waals surface area contributed by atoms with E-state index < -0.39 is 9.05 Å². The molecule has 3 nitrogen and oxygen atoms in total. The molecule has 0 saturated carbocycles. The molecule has 0 heterocycles. The lowest BCUT2D eigenvalue weighted by Crippen LogP contribution is -1.92. The summed E-state index contributed by atoms with van der Waals surface area (Å²) in [6.45, 7) is 0. The Bertz CT molecular complexity index is 404. The topological polar surface area (TPSA) is 60.2 Å². The van der Waals surface area contributed by atoms with Crippen LogP contribution < -0.4 is 5.73 Å². The Morgan fingerprint density at radius 3 is 2.42 bits per heavy atom. The molecule has 0 amide bonds. The largest absolute Gasteiger partial charge is 0.398 e. The third-order valence-electron chi connectivity index (χ3n) is 1.25. The molecule has 0 fully saturated rings. The van der Waals surface area contributed by atoms with Crippen molar-refractivity contribution in [1.29, 1.82) is 0 Å². The van der Waals surface area contributed by atoms with Crippen LogP contribution in [0.4, 0.5) is 5.69 Å². The van der Waals surface area contributed by atoms with Gasteiger partial charge in [-0.3, -0.25) is 0 Å². The zero-order chi connectivity index (χ0) is 9.35. The number of benzene rings is 1. The second-order valence-electron chi connectivity index (χ2n) is 2.12. The van der Waals surface area contributed by atoms with E-state index in [4.69, 9.17) is 16.4 Å². The van der Waals surface area contributed by atoms with Gasteiger partial charge in [-0.1, -0.05) is 0 Å². The molecule has 0 saturated heterocycles. The van der Waals surface area contributed by atoms with Crippen LogP contribution in [0.3, 0.4) is 0 Å². The van der Waals surface area contributed by atoms with E-state index in [2.05, 4.69) is 15.9 Å². The molecule has 2 N–H and O–H groups in total. The first-order chi connectivity index (χ1) is 5.41. The maximum Gasteiger partial charge on any atom is 0.261 e. The van der Waals surface area contributed by atoms with Crippen molar-refractivity contribution in [3.05, 3.63) is 22.7 Å². The molecule has 0 aliphatic rings. The van der Waals surface area contributed by atoms with Gasteiger partial charge in [-0.2, -0.15) is 0 Å². The summed E-state index contributed by atoms with van der Waals surface area (Å²) in [5, 5.41) is 0. The Hall–Kier alpha value is -0.260. The van der Waals surface area contributed by atoms with Crippen molar-refractivity contribution in [2.24, 2.45) is 0 Å². The highest BCUT2D eigenvalue weighted by molar-refractivity contribution is 9.10. The zero-order valence-corrected chi connectivity index (χ0v) is 8.95. The summed E-state index contributed by atoms with van der Waals surface area (Å²) in [6.07, 6.45) is 0. The summed E-state index contributed by atoms with van der Waals surface area (Å²) >= 11 is 3.09. The van der Waals surface area contributed by atoms with Crippen LogP contribution in [0.5, 0.6) is 0 Å². The van der Waals surface area contributed by atoms with Crippen molar-refractivity contribution in [1.82, 2.24) is 0 Å². The van der Waals surface area contributed by atoms with Gasteiger partial charge in [0, 0.05) is 20.8 Å². The van der Waals surface area contributed by atoms with Crippen molar-refractivity contribution in [3.8, 4) is 0 Å². The Morgan fingerprint density at radius 1 is 1.42 bits per heavy atom. The second-order valence-corrected chi connectivity index (χ2v) is 5.54. The van der Waals surface area contributed by atoms with Crippen LogP contribution in [-0.4, -0.2) is 8.42 Å². The summed E-state index contributed by atoms with van der Waals surface area (Å²) in [7, 11) is 1.44. The van der Waals surface area contributed by atoms with Gasteiger partial charge in [0.1, 0.15) is 0 Å². The van der Waals surface area contributed by atoms with Gasteiger partial charge < -0.3 is 5.73 Å². The monoisotopic (exact) mass is 269 g/mol. The van der Waals surface area contributed by atoms with E-state index in [1.54, 1.807) is 0 Å². The number of halogens is 2.